The number of benzene rings is 1. The molecule has 0 saturated heterocycles. The summed E-state index contributed by atoms with van der Waals surface area (Å²) in [5, 5.41) is 27.4. The molecule has 0 bridgehead atoms. The fraction of sp³-hybridized carbons (Fsp3) is 0.296. The SMILES string of the molecule is Cc1cc(-c2n[nH]c3ccc(C(=O)NC4CCCC(O)(Cn5cc6ncccc6n5)C4)cc23)ccn1. The molecule has 36 heavy (non-hydrogen) atoms. The number of hydrogen-bond acceptors (Lipinski definition) is 6. The molecule has 9 heteroatoms. The van der Waals surface area contributed by atoms with E-state index in [0.717, 1.165) is 51.7 Å². The Morgan fingerprint density at radius 3 is 2.97 bits per heavy atom. The van der Waals surface area contributed by atoms with Crippen LogP contribution in [-0.2, 0) is 6.54 Å². The van der Waals surface area contributed by atoms with Crippen molar-refractivity contribution in [1.82, 2.24) is 35.3 Å². The summed E-state index contributed by atoms with van der Waals surface area (Å²) in [6, 6.07) is 13.1. The van der Waals surface area contributed by atoms with E-state index in [1.54, 1.807) is 23.1 Å². The molecular weight excluding hydrogens is 454 g/mol. The van der Waals surface area contributed by atoms with Crippen molar-refractivity contribution in [2.45, 2.75) is 50.8 Å². The standard InChI is InChI=1S/C27H27N7O2/c1-17-12-18(8-11-28-17)25-21-13-19(6-7-22(21)31-32-25)26(35)30-20-4-2-9-27(36,14-20)16-34-15-24-23(33-34)5-3-10-29-24/h3,5-8,10-13,15,20,36H,2,4,9,14,16H2,1H3,(H,30,35)(H,31,32). The Balaban J connectivity index is 1.18. The maximum absolute atomic E-state index is 13.2. The van der Waals surface area contributed by atoms with Crippen LogP contribution >= 0.6 is 0 Å². The minimum Gasteiger partial charge on any atom is -0.388 e. The molecule has 1 amide bonds. The lowest BCUT2D eigenvalue weighted by atomic mass is 9.81. The Bertz CT molecular complexity index is 1540. The average molecular weight is 482 g/mol. The fourth-order valence-corrected chi connectivity index (χ4v) is 5.23. The van der Waals surface area contributed by atoms with E-state index in [1.165, 1.54) is 0 Å². The number of fused-ring (bicyclic) bond motifs is 2. The van der Waals surface area contributed by atoms with Gasteiger partial charge in [-0.05, 0) is 75.1 Å². The second-order valence-corrected chi connectivity index (χ2v) is 9.74. The summed E-state index contributed by atoms with van der Waals surface area (Å²) >= 11 is 0. The molecule has 3 N–H and O–H groups in total. The topological polar surface area (TPSA) is 122 Å². The van der Waals surface area contributed by atoms with E-state index < -0.39 is 5.60 Å². The van der Waals surface area contributed by atoms with Gasteiger partial charge in [-0.1, -0.05) is 0 Å². The van der Waals surface area contributed by atoms with E-state index in [2.05, 4.69) is 30.6 Å². The number of aliphatic hydroxyl groups is 1. The Hall–Kier alpha value is -4.11. The van der Waals surface area contributed by atoms with Crippen LogP contribution in [-0.4, -0.2) is 52.6 Å². The van der Waals surface area contributed by atoms with E-state index in [0.29, 0.717) is 24.9 Å². The lowest BCUT2D eigenvalue weighted by Gasteiger charge is -2.37. The highest BCUT2D eigenvalue weighted by molar-refractivity contribution is 6.01. The molecule has 0 aliphatic heterocycles. The number of carbonyl (C=O) groups excluding carboxylic acids is 1. The van der Waals surface area contributed by atoms with Crippen molar-refractivity contribution in [3.63, 3.8) is 0 Å². The average Bonchev–Trinajstić information content (AvgIpc) is 3.46. The Labute approximate surface area is 207 Å². The predicted molar refractivity (Wildman–Crippen MR) is 136 cm³/mol. The predicted octanol–water partition coefficient (Wildman–Crippen LogP) is 3.78. The van der Waals surface area contributed by atoms with Crippen molar-refractivity contribution in [2.24, 2.45) is 0 Å². The first-order valence-electron chi connectivity index (χ1n) is 12.2. The quantitative estimate of drug-likeness (QED) is 0.351. The van der Waals surface area contributed by atoms with Gasteiger partial charge in [0.2, 0.25) is 0 Å². The van der Waals surface area contributed by atoms with Crippen LogP contribution in [0, 0.1) is 6.92 Å². The van der Waals surface area contributed by atoms with Crippen molar-refractivity contribution in [3.05, 3.63) is 72.3 Å². The van der Waals surface area contributed by atoms with Gasteiger partial charge in [0.05, 0.1) is 23.9 Å². The zero-order chi connectivity index (χ0) is 24.7. The first kappa shape index (κ1) is 22.4. The zero-order valence-corrected chi connectivity index (χ0v) is 20.0. The third-order valence-electron chi connectivity index (χ3n) is 6.93. The van der Waals surface area contributed by atoms with Gasteiger partial charge in [0.25, 0.3) is 5.91 Å². The smallest absolute Gasteiger partial charge is 0.251 e. The molecule has 5 aromatic rings. The molecule has 2 unspecified atom stereocenters. The van der Waals surface area contributed by atoms with Crippen LogP contribution < -0.4 is 5.32 Å². The van der Waals surface area contributed by atoms with Crippen molar-refractivity contribution in [3.8, 4) is 11.3 Å². The minimum atomic E-state index is -0.945. The van der Waals surface area contributed by atoms with Crippen molar-refractivity contribution < 1.29 is 9.90 Å². The van der Waals surface area contributed by atoms with Gasteiger partial charge >= 0.3 is 0 Å². The van der Waals surface area contributed by atoms with Crippen LogP contribution in [0.25, 0.3) is 33.2 Å². The number of aryl methyl sites for hydroxylation is 1. The molecular formula is C27H27N7O2. The van der Waals surface area contributed by atoms with Crippen LogP contribution in [0.3, 0.4) is 0 Å². The molecule has 1 aromatic carbocycles. The van der Waals surface area contributed by atoms with Crippen LogP contribution in [0.5, 0.6) is 0 Å². The fourth-order valence-electron chi connectivity index (χ4n) is 5.23. The van der Waals surface area contributed by atoms with Gasteiger partial charge in [-0.2, -0.15) is 10.2 Å². The number of carbonyl (C=O) groups is 1. The number of rotatable bonds is 5. The maximum Gasteiger partial charge on any atom is 0.251 e. The van der Waals surface area contributed by atoms with Gasteiger partial charge < -0.3 is 10.4 Å². The maximum atomic E-state index is 13.2. The molecule has 1 saturated carbocycles. The first-order chi connectivity index (χ1) is 17.5. The van der Waals surface area contributed by atoms with E-state index in [1.807, 2.05) is 49.5 Å². The second kappa shape index (κ2) is 8.83. The highest BCUT2D eigenvalue weighted by Crippen LogP contribution is 2.31. The van der Waals surface area contributed by atoms with Gasteiger partial charge in [-0.3, -0.25) is 24.5 Å². The summed E-state index contributed by atoms with van der Waals surface area (Å²) < 4.78 is 1.76. The molecule has 4 aromatic heterocycles. The minimum absolute atomic E-state index is 0.123. The van der Waals surface area contributed by atoms with Crippen LogP contribution in [0.4, 0.5) is 0 Å². The second-order valence-electron chi connectivity index (χ2n) is 9.74. The summed E-state index contributed by atoms with van der Waals surface area (Å²) in [4.78, 5) is 21.8. The Morgan fingerprint density at radius 2 is 2.11 bits per heavy atom. The number of aromatic amines is 1. The van der Waals surface area contributed by atoms with Gasteiger partial charge in [-0.25, -0.2) is 0 Å². The third-order valence-corrected chi connectivity index (χ3v) is 6.93. The van der Waals surface area contributed by atoms with Gasteiger partial charge in [-0.15, -0.1) is 0 Å². The highest BCUT2D eigenvalue weighted by atomic mass is 16.3. The van der Waals surface area contributed by atoms with Crippen molar-refractivity contribution in [2.75, 3.05) is 0 Å². The Kier molecular flexibility index (Phi) is 5.49. The molecule has 6 rings (SSSR count). The lowest BCUT2D eigenvalue weighted by molar-refractivity contribution is -0.0235. The van der Waals surface area contributed by atoms with Crippen molar-refractivity contribution >= 4 is 27.8 Å². The van der Waals surface area contributed by atoms with Gasteiger partial charge in [0.15, 0.2) is 0 Å². The highest BCUT2D eigenvalue weighted by Gasteiger charge is 2.36. The molecule has 0 spiro atoms. The summed E-state index contributed by atoms with van der Waals surface area (Å²) in [6.07, 6.45) is 8.14. The molecule has 0 radical (unpaired) electrons. The van der Waals surface area contributed by atoms with E-state index in [-0.39, 0.29) is 11.9 Å². The number of aromatic nitrogens is 6. The number of hydrogen-bond donors (Lipinski definition) is 3. The number of pyridine rings is 2. The number of H-pyrrole nitrogens is 1. The first-order valence-corrected chi connectivity index (χ1v) is 12.2. The Morgan fingerprint density at radius 1 is 1.19 bits per heavy atom. The summed E-state index contributed by atoms with van der Waals surface area (Å²) in [6.45, 7) is 2.31. The van der Waals surface area contributed by atoms with Crippen molar-refractivity contribution in [1.29, 1.82) is 0 Å². The largest absolute Gasteiger partial charge is 0.388 e. The van der Waals surface area contributed by atoms with E-state index >= 15 is 0 Å². The van der Waals surface area contributed by atoms with Gasteiger partial charge in [0.1, 0.15) is 16.7 Å². The zero-order valence-electron chi connectivity index (χ0n) is 20.0. The molecule has 9 nitrogen and oxygen atoms in total. The number of nitrogens with one attached hydrogen (secondary N) is 2. The monoisotopic (exact) mass is 481 g/mol. The molecule has 182 valence electrons. The lowest BCUT2D eigenvalue weighted by Crippen LogP contribution is -2.47. The molecule has 1 aliphatic carbocycles. The molecule has 2 atom stereocenters. The van der Waals surface area contributed by atoms with E-state index in [4.69, 9.17) is 0 Å². The summed E-state index contributed by atoms with van der Waals surface area (Å²) in [5.74, 6) is -0.154. The van der Waals surface area contributed by atoms with Crippen LogP contribution in [0.1, 0.15) is 41.7 Å². The normalized spacial score (nSPS) is 20.1. The van der Waals surface area contributed by atoms with Crippen LogP contribution in [0.2, 0.25) is 0 Å². The van der Waals surface area contributed by atoms with Crippen LogP contribution in [0.15, 0.2) is 61.1 Å². The van der Waals surface area contributed by atoms with Gasteiger partial charge in [0, 0.05) is 40.6 Å². The molecule has 1 aliphatic rings. The summed E-state index contributed by atoms with van der Waals surface area (Å²) in [7, 11) is 0. The molecule has 4 heterocycles. The summed E-state index contributed by atoms with van der Waals surface area (Å²) in [5.41, 5.74) is 4.73. The molecule has 1 fully saturated rings. The number of nitrogens with zero attached hydrogens (tertiary/aromatic N) is 5. The van der Waals surface area contributed by atoms with E-state index in [9.17, 15) is 9.90 Å². The number of amides is 1. The third kappa shape index (κ3) is 4.33.